The standard InChI is InChI=1S/C13H12N4OS/c14-6-9-1-3-10(4-2-9)16-12(18)5-11-8-19-13(7-15)17-11/h1-4,8H,5,7,15H2,(H,16,18). The fraction of sp³-hybridized carbons (Fsp3) is 0.154. The lowest BCUT2D eigenvalue weighted by Crippen LogP contribution is -2.14. The molecule has 1 aromatic carbocycles. The van der Waals surface area contributed by atoms with Crippen LogP contribution < -0.4 is 11.1 Å². The number of carbonyl (C=O) groups is 1. The molecule has 0 saturated heterocycles. The molecule has 0 saturated carbocycles. The van der Waals surface area contributed by atoms with Gasteiger partial charge in [-0.2, -0.15) is 5.26 Å². The molecule has 2 rings (SSSR count). The second kappa shape index (κ2) is 6.09. The summed E-state index contributed by atoms with van der Waals surface area (Å²) < 4.78 is 0. The second-order valence-electron chi connectivity index (χ2n) is 3.85. The molecule has 96 valence electrons. The molecule has 3 N–H and O–H groups in total. The molecule has 1 aromatic heterocycles. The SMILES string of the molecule is N#Cc1ccc(NC(=O)Cc2csc(CN)n2)cc1. The zero-order valence-corrected chi connectivity index (χ0v) is 10.9. The number of anilines is 1. The van der Waals surface area contributed by atoms with Crippen LogP contribution in [0.15, 0.2) is 29.6 Å². The largest absolute Gasteiger partial charge is 0.326 e. The van der Waals surface area contributed by atoms with Gasteiger partial charge in [0.25, 0.3) is 0 Å². The number of nitrogens with two attached hydrogens (primary N) is 1. The van der Waals surface area contributed by atoms with Crippen LogP contribution in [0.25, 0.3) is 0 Å². The van der Waals surface area contributed by atoms with Gasteiger partial charge in [-0.25, -0.2) is 4.98 Å². The maximum absolute atomic E-state index is 11.8. The van der Waals surface area contributed by atoms with Crippen LogP contribution in [0.2, 0.25) is 0 Å². The van der Waals surface area contributed by atoms with Gasteiger partial charge in [0.05, 0.1) is 23.7 Å². The number of thiazole rings is 1. The number of rotatable bonds is 4. The lowest BCUT2D eigenvalue weighted by atomic mass is 10.2. The van der Waals surface area contributed by atoms with E-state index >= 15 is 0 Å². The summed E-state index contributed by atoms with van der Waals surface area (Å²) in [6, 6.07) is 8.73. The van der Waals surface area contributed by atoms with Crippen molar-refractivity contribution in [3.8, 4) is 6.07 Å². The molecule has 0 aliphatic rings. The molecule has 0 unspecified atom stereocenters. The van der Waals surface area contributed by atoms with Gasteiger partial charge in [-0.05, 0) is 24.3 Å². The summed E-state index contributed by atoms with van der Waals surface area (Å²) in [7, 11) is 0. The molecule has 1 heterocycles. The topological polar surface area (TPSA) is 91.8 Å². The molecule has 5 nitrogen and oxygen atoms in total. The summed E-state index contributed by atoms with van der Waals surface area (Å²) in [6.07, 6.45) is 0.219. The first kappa shape index (κ1) is 13.2. The first-order valence-electron chi connectivity index (χ1n) is 5.64. The lowest BCUT2D eigenvalue weighted by Gasteiger charge is -2.03. The van der Waals surface area contributed by atoms with Gasteiger partial charge in [-0.1, -0.05) is 0 Å². The van der Waals surface area contributed by atoms with Gasteiger partial charge < -0.3 is 11.1 Å². The maximum Gasteiger partial charge on any atom is 0.230 e. The van der Waals surface area contributed by atoms with Gasteiger partial charge in [0.15, 0.2) is 0 Å². The minimum atomic E-state index is -0.140. The zero-order chi connectivity index (χ0) is 13.7. The third kappa shape index (κ3) is 3.61. The number of aromatic nitrogens is 1. The molecule has 6 heteroatoms. The number of hydrogen-bond acceptors (Lipinski definition) is 5. The fourth-order valence-electron chi connectivity index (χ4n) is 1.52. The van der Waals surface area contributed by atoms with Crippen molar-refractivity contribution in [2.45, 2.75) is 13.0 Å². The Morgan fingerprint density at radius 2 is 2.16 bits per heavy atom. The van der Waals surface area contributed by atoms with Crippen molar-refractivity contribution in [1.29, 1.82) is 5.26 Å². The molecule has 1 amide bonds. The quantitative estimate of drug-likeness (QED) is 0.885. The summed E-state index contributed by atoms with van der Waals surface area (Å²) in [5, 5.41) is 14.1. The van der Waals surface area contributed by atoms with Crippen molar-refractivity contribution in [3.63, 3.8) is 0 Å². The van der Waals surface area contributed by atoms with Crippen LogP contribution in [0.5, 0.6) is 0 Å². The summed E-state index contributed by atoms with van der Waals surface area (Å²) in [6.45, 7) is 0.391. The van der Waals surface area contributed by atoms with Gasteiger partial charge in [0.1, 0.15) is 5.01 Å². The van der Waals surface area contributed by atoms with Crippen LogP contribution in [0.4, 0.5) is 5.69 Å². The first-order valence-corrected chi connectivity index (χ1v) is 6.52. The van der Waals surface area contributed by atoms with E-state index in [4.69, 9.17) is 11.0 Å². The van der Waals surface area contributed by atoms with E-state index in [0.29, 0.717) is 17.8 Å². The minimum absolute atomic E-state index is 0.140. The van der Waals surface area contributed by atoms with Crippen molar-refractivity contribution >= 4 is 22.9 Å². The van der Waals surface area contributed by atoms with E-state index in [2.05, 4.69) is 10.3 Å². The van der Waals surface area contributed by atoms with Crippen molar-refractivity contribution in [2.75, 3.05) is 5.32 Å². The highest BCUT2D eigenvalue weighted by molar-refractivity contribution is 7.09. The Morgan fingerprint density at radius 1 is 1.42 bits per heavy atom. The molecule has 0 radical (unpaired) electrons. The first-order chi connectivity index (χ1) is 9.21. The van der Waals surface area contributed by atoms with Crippen LogP contribution in [0.3, 0.4) is 0 Å². The van der Waals surface area contributed by atoms with Gasteiger partial charge >= 0.3 is 0 Å². The van der Waals surface area contributed by atoms with Gasteiger partial charge in [-0.3, -0.25) is 4.79 Å². The number of carbonyl (C=O) groups excluding carboxylic acids is 1. The number of nitrogens with one attached hydrogen (secondary N) is 1. The highest BCUT2D eigenvalue weighted by Crippen LogP contribution is 2.12. The Hall–Kier alpha value is -2.23. The summed E-state index contributed by atoms with van der Waals surface area (Å²) in [5.41, 5.74) is 7.41. The van der Waals surface area contributed by atoms with Crippen molar-refractivity contribution in [1.82, 2.24) is 4.98 Å². The van der Waals surface area contributed by atoms with E-state index in [0.717, 1.165) is 10.7 Å². The van der Waals surface area contributed by atoms with E-state index < -0.39 is 0 Å². The molecular formula is C13H12N4OS. The Kier molecular flexibility index (Phi) is 4.23. The Balaban J connectivity index is 1.95. The van der Waals surface area contributed by atoms with Gasteiger partial charge in [0, 0.05) is 17.6 Å². The fourth-order valence-corrected chi connectivity index (χ4v) is 2.20. The van der Waals surface area contributed by atoms with E-state index in [9.17, 15) is 4.79 Å². The number of hydrogen-bond donors (Lipinski definition) is 2. The maximum atomic E-state index is 11.8. The van der Waals surface area contributed by atoms with E-state index in [1.165, 1.54) is 11.3 Å². The Bertz CT molecular complexity index is 612. The Morgan fingerprint density at radius 3 is 2.74 bits per heavy atom. The summed E-state index contributed by atoms with van der Waals surface area (Å²) >= 11 is 1.45. The molecule has 0 bridgehead atoms. The average Bonchev–Trinajstić information content (AvgIpc) is 2.87. The van der Waals surface area contributed by atoms with Crippen molar-refractivity contribution < 1.29 is 4.79 Å². The highest BCUT2D eigenvalue weighted by Gasteiger charge is 2.07. The monoisotopic (exact) mass is 272 g/mol. The van der Waals surface area contributed by atoms with Crippen LogP contribution in [-0.2, 0) is 17.8 Å². The molecule has 0 aliphatic heterocycles. The summed E-state index contributed by atoms with van der Waals surface area (Å²) in [5.74, 6) is -0.140. The van der Waals surface area contributed by atoms with E-state index in [-0.39, 0.29) is 12.3 Å². The number of benzene rings is 1. The molecule has 19 heavy (non-hydrogen) atoms. The number of nitriles is 1. The molecule has 0 aliphatic carbocycles. The molecule has 0 fully saturated rings. The second-order valence-corrected chi connectivity index (χ2v) is 4.79. The third-order valence-electron chi connectivity index (χ3n) is 2.41. The summed E-state index contributed by atoms with van der Waals surface area (Å²) in [4.78, 5) is 16.0. The van der Waals surface area contributed by atoms with Crippen LogP contribution in [-0.4, -0.2) is 10.9 Å². The van der Waals surface area contributed by atoms with E-state index in [1.54, 1.807) is 24.3 Å². The Labute approximate surface area is 114 Å². The van der Waals surface area contributed by atoms with Crippen molar-refractivity contribution in [2.24, 2.45) is 5.73 Å². The zero-order valence-electron chi connectivity index (χ0n) is 10.1. The molecule has 0 spiro atoms. The molecule has 2 aromatic rings. The number of amides is 1. The molecule has 0 atom stereocenters. The third-order valence-corrected chi connectivity index (χ3v) is 3.33. The van der Waals surface area contributed by atoms with Gasteiger partial charge in [-0.15, -0.1) is 11.3 Å². The predicted octanol–water partition coefficient (Wildman–Crippen LogP) is 1.65. The highest BCUT2D eigenvalue weighted by atomic mass is 32.1. The van der Waals surface area contributed by atoms with Crippen molar-refractivity contribution in [3.05, 3.63) is 45.9 Å². The minimum Gasteiger partial charge on any atom is -0.326 e. The normalized spacial score (nSPS) is 9.89. The smallest absolute Gasteiger partial charge is 0.230 e. The van der Waals surface area contributed by atoms with Crippen LogP contribution >= 0.6 is 11.3 Å². The number of nitrogens with zero attached hydrogens (tertiary/aromatic N) is 2. The van der Waals surface area contributed by atoms with Gasteiger partial charge in [0.2, 0.25) is 5.91 Å². The molecular weight excluding hydrogens is 260 g/mol. The van der Waals surface area contributed by atoms with E-state index in [1.807, 2.05) is 11.4 Å². The van der Waals surface area contributed by atoms with Crippen LogP contribution in [0.1, 0.15) is 16.3 Å². The van der Waals surface area contributed by atoms with Crippen LogP contribution in [0, 0.1) is 11.3 Å². The predicted molar refractivity (Wildman–Crippen MR) is 73.5 cm³/mol. The average molecular weight is 272 g/mol. The lowest BCUT2D eigenvalue weighted by molar-refractivity contribution is -0.115.